The number of amides is 1. The summed E-state index contributed by atoms with van der Waals surface area (Å²) < 4.78 is 5.26. The Labute approximate surface area is 147 Å². The summed E-state index contributed by atoms with van der Waals surface area (Å²) in [7, 11) is 0. The van der Waals surface area contributed by atoms with Gasteiger partial charge in [0.1, 0.15) is 0 Å². The number of carbonyl (C=O) groups is 1. The van der Waals surface area contributed by atoms with E-state index in [1.807, 2.05) is 6.07 Å². The van der Waals surface area contributed by atoms with Crippen molar-refractivity contribution in [1.82, 2.24) is 10.1 Å². The number of pyridine rings is 1. The quantitative estimate of drug-likeness (QED) is 0.714. The van der Waals surface area contributed by atoms with E-state index in [0.717, 1.165) is 18.5 Å². The zero-order valence-electron chi connectivity index (χ0n) is 12.8. The van der Waals surface area contributed by atoms with Crippen molar-refractivity contribution in [3.05, 3.63) is 51.3 Å². The Hall–Kier alpha value is -2.11. The van der Waals surface area contributed by atoms with Gasteiger partial charge in [0, 0.05) is 16.6 Å². The summed E-state index contributed by atoms with van der Waals surface area (Å²) in [6, 6.07) is 6.75. The number of rotatable bonds is 3. The van der Waals surface area contributed by atoms with Crippen LogP contribution < -0.4 is 5.32 Å². The van der Waals surface area contributed by atoms with Gasteiger partial charge in [-0.2, -0.15) is 0 Å². The summed E-state index contributed by atoms with van der Waals surface area (Å²) >= 11 is 12.0. The fraction of sp³-hybridized carbons (Fsp3) is 0.235. The van der Waals surface area contributed by atoms with Crippen LogP contribution in [0.3, 0.4) is 0 Å². The van der Waals surface area contributed by atoms with Gasteiger partial charge in [0.2, 0.25) is 0 Å². The molecule has 3 aromatic rings. The number of carbonyl (C=O) groups excluding carboxylic acids is 1. The standard InChI is InChI=1S/C17H13Cl2N3O2/c1-8-15-11(7-14(9-2-3-9)21-17(15)24-22-8)16(23)20-13-5-4-10(18)6-12(13)19/h4-7,9H,2-3H2,1H3,(H,20,23). The van der Waals surface area contributed by atoms with Crippen molar-refractivity contribution >= 4 is 45.9 Å². The molecule has 2 aromatic heterocycles. The first-order valence-corrected chi connectivity index (χ1v) is 8.32. The summed E-state index contributed by atoms with van der Waals surface area (Å²) in [5.74, 6) is 0.116. The Bertz CT molecular complexity index is 964. The smallest absolute Gasteiger partial charge is 0.259 e. The lowest BCUT2D eigenvalue weighted by Crippen LogP contribution is -2.13. The van der Waals surface area contributed by atoms with Crippen LogP contribution >= 0.6 is 23.2 Å². The molecule has 0 unspecified atom stereocenters. The Morgan fingerprint density at radius 2 is 2.08 bits per heavy atom. The monoisotopic (exact) mass is 361 g/mol. The highest BCUT2D eigenvalue weighted by Crippen LogP contribution is 2.40. The lowest BCUT2D eigenvalue weighted by atomic mass is 10.1. The molecule has 2 heterocycles. The highest BCUT2D eigenvalue weighted by Gasteiger charge is 2.28. The fourth-order valence-corrected chi connectivity index (χ4v) is 3.12. The lowest BCUT2D eigenvalue weighted by molar-refractivity contribution is 0.102. The molecule has 0 saturated heterocycles. The summed E-state index contributed by atoms with van der Waals surface area (Å²) in [4.78, 5) is 17.3. The number of nitrogens with zero attached hydrogens (tertiary/aromatic N) is 2. The number of hydrogen-bond acceptors (Lipinski definition) is 4. The van der Waals surface area contributed by atoms with Crippen molar-refractivity contribution in [3.8, 4) is 0 Å². The molecule has 1 N–H and O–H groups in total. The lowest BCUT2D eigenvalue weighted by Gasteiger charge is -2.09. The second-order valence-corrected chi connectivity index (χ2v) is 6.74. The second-order valence-electron chi connectivity index (χ2n) is 5.90. The van der Waals surface area contributed by atoms with Crippen LogP contribution in [0.2, 0.25) is 10.0 Å². The van der Waals surface area contributed by atoms with Crippen LogP contribution in [0.15, 0.2) is 28.8 Å². The molecule has 0 radical (unpaired) electrons. The molecule has 0 aliphatic heterocycles. The summed E-state index contributed by atoms with van der Waals surface area (Å²) in [6.45, 7) is 1.79. The van der Waals surface area contributed by atoms with Crippen LogP contribution in [0.4, 0.5) is 5.69 Å². The average molecular weight is 362 g/mol. The molecule has 5 nitrogen and oxygen atoms in total. The molecule has 7 heteroatoms. The SMILES string of the molecule is Cc1noc2nc(C3CC3)cc(C(=O)Nc3ccc(Cl)cc3Cl)c12. The van der Waals surface area contributed by atoms with Crippen molar-refractivity contribution in [2.75, 3.05) is 5.32 Å². The van der Waals surface area contributed by atoms with Crippen LogP contribution in [0.1, 0.15) is 40.5 Å². The number of nitrogens with one attached hydrogen (secondary N) is 1. The van der Waals surface area contributed by atoms with E-state index in [1.54, 1.807) is 25.1 Å². The molecule has 1 aliphatic rings. The minimum Gasteiger partial charge on any atom is -0.336 e. The van der Waals surface area contributed by atoms with Crippen LogP contribution in [0.5, 0.6) is 0 Å². The highest BCUT2D eigenvalue weighted by atomic mass is 35.5. The molecule has 122 valence electrons. The maximum absolute atomic E-state index is 12.8. The Balaban J connectivity index is 1.76. The molecule has 1 fully saturated rings. The van der Waals surface area contributed by atoms with E-state index in [2.05, 4.69) is 15.5 Å². The van der Waals surface area contributed by atoms with E-state index < -0.39 is 0 Å². The van der Waals surface area contributed by atoms with Crippen molar-refractivity contribution < 1.29 is 9.32 Å². The first-order valence-electron chi connectivity index (χ1n) is 7.56. The maximum atomic E-state index is 12.8. The highest BCUT2D eigenvalue weighted by molar-refractivity contribution is 6.37. The molecular formula is C17H13Cl2N3O2. The van der Waals surface area contributed by atoms with E-state index >= 15 is 0 Å². The molecule has 0 spiro atoms. The van der Waals surface area contributed by atoms with Gasteiger partial charge in [0.25, 0.3) is 11.6 Å². The van der Waals surface area contributed by atoms with Crippen LogP contribution in [-0.4, -0.2) is 16.0 Å². The largest absolute Gasteiger partial charge is 0.336 e. The summed E-state index contributed by atoms with van der Waals surface area (Å²) in [5.41, 5.74) is 2.88. The zero-order valence-corrected chi connectivity index (χ0v) is 14.3. The molecule has 1 amide bonds. The predicted octanol–water partition coefficient (Wildman–Crippen LogP) is 4.97. The predicted molar refractivity (Wildman–Crippen MR) is 92.9 cm³/mol. The number of fused-ring (bicyclic) bond motifs is 1. The van der Waals surface area contributed by atoms with Crippen LogP contribution in [-0.2, 0) is 0 Å². The van der Waals surface area contributed by atoms with Crippen LogP contribution in [0.25, 0.3) is 11.1 Å². The number of benzene rings is 1. The third-order valence-corrected chi connectivity index (χ3v) is 4.60. The number of halogens is 2. The molecule has 0 bridgehead atoms. The topological polar surface area (TPSA) is 68.0 Å². The third kappa shape index (κ3) is 2.74. The van der Waals surface area contributed by atoms with Gasteiger partial charge in [-0.1, -0.05) is 28.4 Å². The summed E-state index contributed by atoms with van der Waals surface area (Å²) in [5, 5.41) is 8.27. The normalized spacial score (nSPS) is 14.1. The van der Waals surface area contributed by atoms with Crippen molar-refractivity contribution in [3.63, 3.8) is 0 Å². The Kier molecular flexibility index (Phi) is 3.70. The van der Waals surface area contributed by atoms with Crippen LogP contribution in [0, 0.1) is 6.92 Å². The van der Waals surface area contributed by atoms with Gasteiger partial charge < -0.3 is 9.84 Å². The van der Waals surface area contributed by atoms with E-state index in [-0.39, 0.29) is 5.91 Å². The summed E-state index contributed by atoms with van der Waals surface area (Å²) in [6.07, 6.45) is 2.16. The number of aromatic nitrogens is 2. The Morgan fingerprint density at radius 1 is 1.29 bits per heavy atom. The van der Waals surface area contributed by atoms with Gasteiger partial charge in [-0.3, -0.25) is 4.79 Å². The third-order valence-electron chi connectivity index (χ3n) is 4.06. The second kappa shape index (κ2) is 5.76. The van der Waals surface area contributed by atoms with Gasteiger partial charge in [-0.05, 0) is 44.0 Å². The van der Waals surface area contributed by atoms with E-state index in [9.17, 15) is 4.79 Å². The number of hydrogen-bond donors (Lipinski definition) is 1. The molecule has 1 aliphatic carbocycles. The molecule has 0 atom stereocenters. The molecular weight excluding hydrogens is 349 g/mol. The van der Waals surface area contributed by atoms with Gasteiger partial charge in [-0.25, -0.2) is 4.98 Å². The van der Waals surface area contributed by atoms with Crippen molar-refractivity contribution in [1.29, 1.82) is 0 Å². The van der Waals surface area contributed by atoms with Crippen molar-refractivity contribution in [2.45, 2.75) is 25.7 Å². The van der Waals surface area contributed by atoms with Gasteiger partial charge >= 0.3 is 0 Å². The van der Waals surface area contributed by atoms with E-state index in [4.69, 9.17) is 27.7 Å². The number of anilines is 1. The minimum atomic E-state index is -0.278. The van der Waals surface area contributed by atoms with Crippen molar-refractivity contribution in [2.24, 2.45) is 0 Å². The van der Waals surface area contributed by atoms with Gasteiger partial charge in [-0.15, -0.1) is 0 Å². The first-order chi connectivity index (χ1) is 11.5. The van der Waals surface area contributed by atoms with Gasteiger partial charge in [0.05, 0.1) is 27.4 Å². The molecule has 24 heavy (non-hydrogen) atoms. The maximum Gasteiger partial charge on any atom is 0.259 e. The zero-order chi connectivity index (χ0) is 16.8. The molecule has 4 rings (SSSR count). The van der Waals surface area contributed by atoms with E-state index in [1.165, 1.54) is 0 Å². The van der Waals surface area contributed by atoms with Gasteiger partial charge in [0.15, 0.2) is 0 Å². The fourth-order valence-electron chi connectivity index (χ4n) is 2.66. The Morgan fingerprint density at radius 3 is 2.79 bits per heavy atom. The average Bonchev–Trinajstić information content (AvgIpc) is 3.33. The molecule has 1 aromatic carbocycles. The van der Waals surface area contributed by atoms with E-state index in [0.29, 0.717) is 44.0 Å². The number of aryl methyl sites for hydroxylation is 1. The first kappa shape index (κ1) is 15.4. The minimum absolute atomic E-state index is 0.278. The molecule has 1 saturated carbocycles.